The van der Waals surface area contributed by atoms with E-state index in [1.54, 1.807) is 6.92 Å². The van der Waals surface area contributed by atoms with Crippen LogP contribution < -0.4 is 14.4 Å². The fourth-order valence-electron chi connectivity index (χ4n) is 3.50. The number of carboxylic acid groups (broad SMARTS) is 1. The number of hydrogen-bond donors (Lipinski definition) is 2. The number of nitrogens with zero attached hydrogens (tertiary/aromatic N) is 3. The van der Waals surface area contributed by atoms with Crippen LogP contribution in [0.15, 0.2) is 29.3 Å². The molecule has 16 heteroatoms. The van der Waals surface area contributed by atoms with E-state index in [1.807, 2.05) is 0 Å². The molecule has 0 saturated carbocycles. The van der Waals surface area contributed by atoms with Gasteiger partial charge in [-0.25, -0.2) is 13.2 Å². The lowest BCUT2D eigenvalue weighted by Crippen LogP contribution is -2.45. The van der Waals surface area contributed by atoms with Crippen LogP contribution in [0, 0.1) is 5.92 Å². The molecule has 3 rings (SSSR count). The number of anilines is 2. The Labute approximate surface area is 221 Å². The zero-order valence-corrected chi connectivity index (χ0v) is 22.3. The summed E-state index contributed by atoms with van der Waals surface area (Å²) in [5.41, 5.74) is -2.92. The zero-order chi connectivity index (χ0) is 28.6. The number of hydrogen-bond acceptors (Lipinski definition) is 7. The van der Waals surface area contributed by atoms with Crippen molar-refractivity contribution in [3.05, 3.63) is 29.5 Å². The van der Waals surface area contributed by atoms with Crippen LogP contribution in [0.1, 0.15) is 34.1 Å². The quantitative estimate of drug-likeness (QED) is 0.463. The first-order valence-electron chi connectivity index (χ1n) is 11.3. The van der Waals surface area contributed by atoms with Gasteiger partial charge in [-0.1, -0.05) is 18.5 Å². The molecule has 0 saturated heterocycles. The molecule has 2 N–H and O–H groups in total. The minimum absolute atomic E-state index is 0.0262. The molecule has 38 heavy (non-hydrogen) atoms. The molecule has 210 valence electrons. The molecule has 1 unspecified atom stereocenters. The summed E-state index contributed by atoms with van der Waals surface area (Å²) >= 11 is 6.10. The Kier molecular flexibility index (Phi) is 8.13. The molecule has 1 aliphatic rings. The molecule has 1 amide bonds. The average molecular weight is 583 g/mol. The summed E-state index contributed by atoms with van der Waals surface area (Å²) in [4.78, 5) is 23.2. The van der Waals surface area contributed by atoms with Crippen molar-refractivity contribution in [3.63, 3.8) is 0 Å². The maximum atomic E-state index is 13.7. The van der Waals surface area contributed by atoms with E-state index in [1.165, 1.54) is 36.0 Å². The van der Waals surface area contributed by atoms with Crippen molar-refractivity contribution in [1.29, 1.82) is 0 Å². The fraction of sp³-hybridized carbons (Fsp3) is 0.500. The summed E-state index contributed by atoms with van der Waals surface area (Å²) in [6, 6.07) is 3.76. The maximum absolute atomic E-state index is 13.7. The van der Waals surface area contributed by atoms with Crippen LogP contribution in [-0.2, 0) is 26.1 Å². The lowest BCUT2D eigenvalue weighted by molar-refractivity contribution is -0.242. The normalized spacial score (nSPS) is 16.8. The number of rotatable bonds is 8. The lowest BCUT2D eigenvalue weighted by Gasteiger charge is -2.36. The molecule has 2 heterocycles. The summed E-state index contributed by atoms with van der Waals surface area (Å²) in [6.07, 6.45) is -5.90. The average Bonchev–Trinajstić information content (AvgIpc) is 3.19. The number of sulfonamides is 1. The van der Waals surface area contributed by atoms with E-state index in [0.717, 1.165) is 4.31 Å². The number of fused-ring (bicyclic) bond motifs is 1. The number of alkyl halides is 3. The Balaban J connectivity index is 2.00. The third-order valence-electron chi connectivity index (χ3n) is 5.78. The number of carboxylic acids is 1. The van der Waals surface area contributed by atoms with Gasteiger partial charge in [0.2, 0.25) is 5.60 Å². The molecule has 11 nitrogen and oxygen atoms in total. The van der Waals surface area contributed by atoms with E-state index >= 15 is 0 Å². The van der Waals surface area contributed by atoms with Crippen molar-refractivity contribution in [1.82, 2.24) is 9.78 Å². The largest absolute Gasteiger partial charge is 0.486 e. The monoisotopic (exact) mass is 582 g/mol. The van der Waals surface area contributed by atoms with E-state index in [0.29, 0.717) is 20.4 Å². The minimum Gasteiger partial charge on any atom is -0.486 e. The van der Waals surface area contributed by atoms with Crippen molar-refractivity contribution in [2.45, 2.75) is 63.4 Å². The van der Waals surface area contributed by atoms with Gasteiger partial charge in [-0.15, -0.1) is 0 Å². The molecule has 0 spiro atoms. The summed E-state index contributed by atoms with van der Waals surface area (Å²) in [7, 11) is -4.38. The number of carbonyl (C=O) groups excluding carboxylic acids is 1. The molecule has 0 radical (unpaired) electrons. The molecule has 0 aliphatic carbocycles. The first-order chi connectivity index (χ1) is 17.5. The fourth-order valence-corrected chi connectivity index (χ4v) is 5.45. The highest BCUT2D eigenvalue weighted by Crippen LogP contribution is 2.41. The van der Waals surface area contributed by atoms with Gasteiger partial charge in [-0.2, -0.15) is 18.3 Å². The van der Waals surface area contributed by atoms with Gasteiger partial charge in [-0.3, -0.25) is 19.1 Å². The summed E-state index contributed by atoms with van der Waals surface area (Å²) in [6.45, 7) is 4.56. The smallest absolute Gasteiger partial charge is 0.427 e. The maximum Gasteiger partial charge on any atom is 0.427 e. The van der Waals surface area contributed by atoms with Crippen molar-refractivity contribution in [2.75, 3.05) is 16.2 Å². The van der Waals surface area contributed by atoms with Crippen LogP contribution in [0.2, 0.25) is 5.15 Å². The third-order valence-corrected chi connectivity index (χ3v) is 7.96. The van der Waals surface area contributed by atoms with Crippen LogP contribution in [-0.4, -0.2) is 59.8 Å². The second kappa shape index (κ2) is 10.5. The van der Waals surface area contributed by atoms with Gasteiger partial charge in [0.1, 0.15) is 16.7 Å². The summed E-state index contributed by atoms with van der Waals surface area (Å²) in [5, 5.41) is 15.1. The molecule has 1 aromatic heterocycles. The second-order valence-corrected chi connectivity index (χ2v) is 11.3. The molecule has 2 atom stereocenters. The number of benzene rings is 1. The van der Waals surface area contributed by atoms with E-state index in [2.05, 4.69) is 15.2 Å². The zero-order valence-electron chi connectivity index (χ0n) is 20.7. The van der Waals surface area contributed by atoms with E-state index < -0.39 is 45.9 Å². The predicted octanol–water partition coefficient (Wildman–Crippen LogP) is 4.51. The third kappa shape index (κ3) is 6.09. The van der Waals surface area contributed by atoms with E-state index in [-0.39, 0.29) is 40.1 Å². The highest BCUT2D eigenvalue weighted by atomic mass is 35.5. The van der Waals surface area contributed by atoms with E-state index in [4.69, 9.17) is 16.3 Å². The Morgan fingerprint density at radius 2 is 2.00 bits per heavy atom. The number of nitrogens with one attached hydrogen (secondary N) is 1. The van der Waals surface area contributed by atoms with Crippen LogP contribution >= 0.6 is 11.6 Å². The van der Waals surface area contributed by atoms with Gasteiger partial charge in [0.25, 0.3) is 10.0 Å². The van der Waals surface area contributed by atoms with Crippen LogP contribution in [0.25, 0.3) is 0 Å². The van der Waals surface area contributed by atoms with Gasteiger partial charge >= 0.3 is 18.2 Å². The number of aryl methyl sites for hydroxylation is 1. The van der Waals surface area contributed by atoms with Gasteiger partial charge in [0.15, 0.2) is 5.15 Å². The van der Waals surface area contributed by atoms with Crippen molar-refractivity contribution >= 4 is 45.1 Å². The van der Waals surface area contributed by atoms with Crippen LogP contribution in [0.4, 0.5) is 29.3 Å². The molecule has 0 fully saturated rings. The summed E-state index contributed by atoms with van der Waals surface area (Å²) in [5.74, 6) is -1.91. The molecular weight excluding hydrogens is 557 g/mol. The number of ether oxygens (including phenoxy) is 2. The Morgan fingerprint density at radius 1 is 1.34 bits per heavy atom. The summed E-state index contributed by atoms with van der Waals surface area (Å²) < 4.78 is 79.2. The number of aliphatic carboxylic acids is 1. The van der Waals surface area contributed by atoms with Crippen molar-refractivity contribution in [3.8, 4) is 5.75 Å². The Bertz CT molecular complexity index is 1330. The van der Waals surface area contributed by atoms with Gasteiger partial charge in [0, 0.05) is 18.4 Å². The van der Waals surface area contributed by atoms with Crippen molar-refractivity contribution < 1.29 is 45.8 Å². The molecule has 1 aromatic carbocycles. The van der Waals surface area contributed by atoms with Crippen LogP contribution in [0.5, 0.6) is 5.75 Å². The molecule has 0 bridgehead atoms. The number of aromatic nitrogens is 2. The van der Waals surface area contributed by atoms with Crippen LogP contribution in [0.3, 0.4) is 0 Å². The standard InChI is InChI=1S/C22H26ClF3N4O7S/c1-5-29-11-17(18(23)28-29)38(34,35)30-10-14(8-12(2)19(31)32)36-16-7-6-13(9-15(16)30)27-20(33)37-21(3,4)22(24,25)26/h6-7,9,11-12,14H,5,8,10H2,1-4H3,(H,27,33)(H,31,32)/t12?,14-/m0/s1. The molecule has 2 aromatic rings. The van der Waals surface area contributed by atoms with Gasteiger partial charge in [-0.05, 0) is 45.4 Å². The highest BCUT2D eigenvalue weighted by molar-refractivity contribution is 7.93. The Hall–Kier alpha value is -3.20. The molecule has 1 aliphatic heterocycles. The van der Waals surface area contributed by atoms with Gasteiger partial charge < -0.3 is 14.6 Å². The SMILES string of the molecule is CCn1cc(S(=O)(=O)N2C[C@H](CC(C)C(=O)O)Oc3ccc(NC(=O)OC(C)(C)C(F)(F)F)cc32)c(Cl)n1. The minimum atomic E-state index is -4.83. The first kappa shape index (κ1) is 29.4. The number of halogens is 4. The first-order valence-corrected chi connectivity index (χ1v) is 13.1. The number of amides is 1. The predicted molar refractivity (Wildman–Crippen MR) is 130 cm³/mol. The Morgan fingerprint density at radius 3 is 2.55 bits per heavy atom. The molecular formula is C22H26ClF3N4O7S. The second-order valence-electron chi connectivity index (χ2n) is 9.10. The number of carbonyl (C=O) groups is 2. The van der Waals surface area contributed by atoms with Crippen molar-refractivity contribution in [2.24, 2.45) is 5.92 Å². The highest BCUT2D eigenvalue weighted by Gasteiger charge is 2.51. The lowest BCUT2D eigenvalue weighted by atomic mass is 10.0. The topological polar surface area (TPSA) is 140 Å². The van der Waals surface area contributed by atoms with E-state index in [9.17, 15) is 36.3 Å². The van der Waals surface area contributed by atoms with Gasteiger partial charge in [0.05, 0.1) is 18.2 Å².